The van der Waals surface area contributed by atoms with Crippen molar-refractivity contribution >= 4 is 23.2 Å². The van der Waals surface area contributed by atoms with E-state index in [4.69, 9.17) is 4.74 Å². The predicted octanol–water partition coefficient (Wildman–Crippen LogP) is 4.86. The number of hydrogen-bond donors (Lipinski definition) is 2. The minimum atomic E-state index is -0.350. The van der Waals surface area contributed by atoms with Crippen LogP contribution in [0.3, 0.4) is 0 Å². The van der Waals surface area contributed by atoms with E-state index in [1.807, 2.05) is 62.4 Å². The van der Waals surface area contributed by atoms with Gasteiger partial charge in [-0.25, -0.2) is 4.68 Å². The normalized spacial score (nSPS) is 17.2. The zero-order valence-electron chi connectivity index (χ0n) is 18.7. The van der Waals surface area contributed by atoms with E-state index in [0.29, 0.717) is 30.1 Å². The molecule has 0 bridgehead atoms. The summed E-state index contributed by atoms with van der Waals surface area (Å²) in [5.41, 5.74) is 4.85. The highest BCUT2D eigenvalue weighted by atomic mass is 16.5. The number of carbonyl (C=O) groups excluding carboxylic acids is 2. The van der Waals surface area contributed by atoms with E-state index in [2.05, 4.69) is 15.7 Å². The lowest BCUT2D eigenvalue weighted by Crippen LogP contribution is -2.32. The quantitative estimate of drug-likeness (QED) is 0.589. The first-order chi connectivity index (χ1) is 16.1. The Morgan fingerprint density at radius 2 is 1.97 bits per heavy atom. The molecular weight excluding hydrogens is 416 g/mol. The van der Waals surface area contributed by atoms with E-state index < -0.39 is 0 Å². The highest BCUT2D eigenvalue weighted by Gasteiger charge is 2.38. The minimum Gasteiger partial charge on any atom is -0.494 e. The molecule has 2 aromatic carbocycles. The number of allylic oxidation sites excluding steroid dienone is 2. The summed E-state index contributed by atoms with van der Waals surface area (Å²) in [5, 5.41) is 10.9. The summed E-state index contributed by atoms with van der Waals surface area (Å²) < 4.78 is 7.24. The van der Waals surface area contributed by atoms with Gasteiger partial charge in [0.15, 0.2) is 5.78 Å². The van der Waals surface area contributed by atoms with E-state index in [-0.39, 0.29) is 17.7 Å². The zero-order chi connectivity index (χ0) is 22.9. The molecule has 1 amide bonds. The summed E-state index contributed by atoms with van der Waals surface area (Å²) in [6.07, 6.45) is 3.67. The maximum Gasteiger partial charge on any atom is 0.261 e. The van der Waals surface area contributed by atoms with Crippen molar-refractivity contribution in [1.29, 1.82) is 0 Å². The van der Waals surface area contributed by atoms with E-state index in [1.54, 1.807) is 10.9 Å². The smallest absolute Gasteiger partial charge is 0.261 e. The second kappa shape index (κ2) is 8.58. The third-order valence-corrected chi connectivity index (χ3v) is 6.19. The Morgan fingerprint density at radius 3 is 2.73 bits per heavy atom. The van der Waals surface area contributed by atoms with E-state index in [9.17, 15) is 9.59 Å². The summed E-state index contributed by atoms with van der Waals surface area (Å²) in [5.74, 6) is 1.24. The Kier molecular flexibility index (Phi) is 5.46. The highest BCUT2D eigenvalue weighted by molar-refractivity contribution is 6.08. The standard InChI is InChI=1S/C26H26N4O3/c1-3-33-18-13-11-17(12-14-18)28-26(32)20-15-27-30-24(19-8-5-4-7-16(19)2)23-21(29-25(20)30)9-6-10-22(23)31/h4-5,7-8,11-15,24,29H,3,6,9-10H2,1-2H3,(H,28,32)/t24-/m1/s1. The molecule has 3 aromatic rings. The lowest BCUT2D eigenvalue weighted by atomic mass is 9.84. The van der Waals surface area contributed by atoms with Crippen molar-refractivity contribution in [3.8, 4) is 5.75 Å². The van der Waals surface area contributed by atoms with Crippen molar-refractivity contribution in [3.05, 3.63) is 82.7 Å². The molecule has 1 aromatic heterocycles. The summed E-state index contributed by atoms with van der Waals surface area (Å²) in [6, 6.07) is 14.9. The van der Waals surface area contributed by atoms with Crippen molar-refractivity contribution in [3.63, 3.8) is 0 Å². The first kappa shape index (κ1) is 21.0. The van der Waals surface area contributed by atoms with Crippen molar-refractivity contribution in [2.75, 3.05) is 17.2 Å². The van der Waals surface area contributed by atoms with Crippen LogP contribution < -0.4 is 15.4 Å². The van der Waals surface area contributed by atoms with Gasteiger partial charge in [0.1, 0.15) is 23.2 Å². The number of ketones is 1. The monoisotopic (exact) mass is 442 g/mol. The molecule has 7 nitrogen and oxygen atoms in total. The maximum atomic E-state index is 13.2. The number of amides is 1. The fraction of sp³-hybridized carbons (Fsp3) is 0.269. The SMILES string of the molecule is CCOc1ccc(NC(=O)c2cnn3c2NC2=C(C(=O)CCC2)[C@H]3c2ccccc2C)cc1. The first-order valence-electron chi connectivity index (χ1n) is 11.3. The number of rotatable bonds is 5. The van der Waals surface area contributed by atoms with E-state index >= 15 is 0 Å². The van der Waals surface area contributed by atoms with Gasteiger partial charge < -0.3 is 15.4 Å². The number of benzene rings is 2. The zero-order valence-corrected chi connectivity index (χ0v) is 18.7. The van der Waals surface area contributed by atoms with Gasteiger partial charge in [0.05, 0.1) is 12.8 Å². The van der Waals surface area contributed by atoms with Crippen molar-refractivity contribution in [2.45, 2.75) is 39.2 Å². The van der Waals surface area contributed by atoms with Gasteiger partial charge in [-0.05, 0) is 62.1 Å². The van der Waals surface area contributed by atoms with Crippen LogP contribution in [0.1, 0.15) is 53.7 Å². The number of nitrogens with one attached hydrogen (secondary N) is 2. The van der Waals surface area contributed by atoms with Gasteiger partial charge in [-0.2, -0.15) is 5.10 Å². The van der Waals surface area contributed by atoms with Crippen molar-refractivity contribution < 1.29 is 14.3 Å². The van der Waals surface area contributed by atoms with Crippen LogP contribution in [0.15, 0.2) is 66.0 Å². The van der Waals surface area contributed by atoms with E-state index in [1.165, 1.54) is 0 Å². The summed E-state index contributed by atoms with van der Waals surface area (Å²) in [4.78, 5) is 26.1. The number of hydrogen-bond acceptors (Lipinski definition) is 5. The van der Waals surface area contributed by atoms with Gasteiger partial charge in [-0.15, -0.1) is 0 Å². The molecular formula is C26H26N4O3. The first-order valence-corrected chi connectivity index (χ1v) is 11.3. The Bertz CT molecular complexity index is 1260. The van der Waals surface area contributed by atoms with Gasteiger partial charge in [0.2, 0.25) is 0 Å². The van der Waals surface area contributed by atoms with Gasteiger partial charge in [-0.1, -0.05) is 24.3 Å². The number of fused-ring (bicyclic) bond motifs is 1. The Balaban J connectivity index is 1.52. The van der Waals surface area contributed by atoms with Crippen molar-refractivity contribution in [2.24, 2.45) is 0 Å². The van der Waals surface area contributed by atoms with Gasteiger partial charge in [0.25, 0.3) is 5.91 Å². The van der Waals surface area contributed by atoms with Gasteiger partial charge in [0, 0.05) is 23.4 Å². The molecule has 7 heteroatoms. The topological polar surface area (TPSA) is 85.2 Å². The van der Waals surface area contributed by atoms with Crippen LogP contribution in [0.4, 0.5) is 11.5 Å². The summed E-state index contributed by atoms with van der Waals surface area (Å²) in [6.45, 7) is 4.55. The molecule has 0 saturated carbocycles. The molecule has 0 unspecified atom stereocenters. The van der Waals surface area contributed by atoms with Crippen LogP contribution in [-0.2, 0) is 4.79 Å². The molecule has 0 spiro atoms. The number of nitrogens with zero attached hydrogens (tertiary/aromatic N) is 2. The lowest BCUT2D eigenvalue weighted by Gasteiger charge is -2.34. The number of ether oxygens (including phenoxy) is 1. The molecule has 5 rings (SSSR count). The van der Waals surface area contributed by atoms with Crippen LogP contribution in [-0.4, -0.2) is 28.1 Å². The Morgan fingerprint density at radius 1 is 1.18 bits per heavy atom. The number of aromatic nitrogens is 2. The molecule has 0 saturated heterocycles. The fourth-order valence-corrected chi connectivity index (χ4v) is 4.61. The van der Waals surface area contributed by atoms with Gasteiger partial charge in [-0.3, -0.25) is 9.59 Å². The van der Waals surface area contributed by atoms with Crippen LogP contribution in [0.2, 0.25) is 0 Å². The van der Waals surface area contributed by atoms with Crippen LogP contribution in [0.25, 0.3) is 0 Å². The number of carbonyl (C=O) groups is 2. The molecule has 1 atom stereocenters. The molecule has 2 heterocycles. The lowest BCUT2D eigenvalue weighted by molar-refractivity contribution is -0.116. The average Bonchev–Trinajstić information content (AvgIpc) is 3.24. The molecule has 33 heavy (non-hydrogen) atoms. The third-order valence-electron chi connectivity index (χ3n) is 6.19. The van der Waals surface area contributed by atoms with Crippen LogP contribution in [0.5, 0.6) is 5.75 Å². The van der Waals surface area contributed by atoms with Gasteiger partial charge >= 0.3 is 0 Å². The number of anilines is 2. The molecule has 0 radical (unpaired) electrons. The molecule has 1 aliphatic heterocycles. The minimum absolute atomic E-state index is 0.138. The second-order valence-corrected chi connectivity index (χ2v) is 8.32. The molecule has 168 valence electrons. The fourth-order valence-electron chi connectivity index (χ4n) is 4.61. The Hall–Kier alpha value is -3.87. The maximum absolute atomic E-state index is 13.2. The number of Topliss-reactive ketones (excluding diaryl/α,β-unsaturated/α-hetero) is 1. The largest absolute Gasteiger partial charge is 0.494 e. The third kappa shape index (κ3) is 3.80. The molecule has 0 fully saturated rings. The molecule has 1 aliphatic carbocycles. The Labute approximate surface area is 192 Å². The molecule has 2 N–H and O–H groups in total. The highest BCUT2D eigenvalue weighted by Crippen LogP contribution is 2.42. The average molecular weight is 443 g/mol. The van der Waals surface area contributed by atoms with Crippen molar-refractivity contribution in [1.82, 2.24) is 9.78 Å². The second-order valence-electron chi connectivity index (χ2n) is 8.32. The summed E-state index contributed by atoms with van der Waals surface area (Å²) >= 11 is 0. The summed E-state index contributed by atoms with van der Waals surface area (Å²) in [7, 11) is 0. The van der Waals surface area contributed by atoms with Crippen LogP contribution in [0, 0.1) is 6.92 Å². The molecule has 2 aliphatic rings. The van der Waals surface area contributed by atoms with E-state index in [0.717, 1.165) is 41.0 Å². The van der Waals surface area contributed by atoms with Crippen LogP contribution >= 0.6 is 0 Å². The number of aryl methyl sites for hydroxylation is 1. The predicted molar refractivity (Wildman–Crippen MR) is 127 cm³/mol.